The summed E-state index contributed by atoms with van der Waals surface area (Å²) in [4.78, 5) is 11.3. The Labute approximate surface area is 119 Å². The summed E-state index contributed by atoms with van der Waals surface area (Å²) >= 11 is 0. The molecule has 0 bridgehead atoms. The van der Waals surface area contributed by atoms with Gasteiger partial charge in [-0.25, -0.2) is 13.1 Å². The van der Waals surface area contributed by atoms with E-state index in [0.717, 1.165) is 24.3 Å². The smallest absolute Gasteiger partial charge is 0.343 e. The number of amides is 1. The molecule has 0 aliphatic heterocycles. The van der Waals surface area contributed by atoms with E-state index in [9.17, 15) is 26.4 Å². The maximum atomic E-state index is 12.0. The molecule has 4 N–H and O–H groups in total. The Hall–Kier alpha value is -1.65. The van der Waals surface area contributed by atoms with E-state index in [1.807, 2.05) is 0 Å². The zero-order valence-electron chi connectivity index (χ0n) is 10.8. The van der Waals surface area contributed by atoms with Gasteiger partial charge in [0.25, 0.3) is 5.91 Å². The largest absolute Gasteiger partial charge is 0.405 e. The Morgan fingerprint density at radius 3 is 2.24 bits per heavy atom. The van der Waals surface area contributed by atoms with E-state index in [1.54, 1.807) is 5.32 Å². The van der Waals surface area contributed by atoms with Crippen LogP contribution >= 0.6 is 0 Å². The highest BCUT2D eigenvalue weighted by Gasteiger charge is 2.27. The van der Waals surface area contributed by atoms with Crippen LogP contribution in [0.1, 0.15) is 10.4 Å². The molecule has 0 spiro atoms. The number of carbonyl (C=O) groups is 1. The van der Waals surface area contributed by atoms with Crippen molar-refractivity contribution in [2.45, 2.75) is 11.1 Å². The van der Waals surface area contributed by atoms with Gasteiger partial charge in [-0.15, -0.1) is 0 Å². The summed E-state index contributed by atoms with van der Waals surface area (Å²) in [5.41, 5.74) is 5.10. The Bertz CT molecular complexity index is 585. The second-order valence-electron chi connectivity index (χ2n) is 4.01. The molecule has 21 heavy (non-hydrogen) atoms. The number of hydrogen-bond donors (Lipinski definition) is 3. The van der Waals surface area contributed by atoms with Crippen molar-refractivity contribution in [3.05, 3.63) is 29.8 Å². The van der Waals surface area contributed by atoms with Crippen molar-refractivity contribution < 1.29 is 26.4 Å². The monoisotopic (exact) mass is 325 g/mol. The van der Waals surface area contributed by atoms with Crippen LogP contribution in [0.2, 0.25) is 0 Å². The maximum absolute atomic E-state index is 12.0. The van der Waals surface area contributed by atoms with Crippen molar-refractivity contribution in [1.29, 1.82) is 0 Å². The zero-order chi connectivity index (χ0) is 16.1. The topological polar surface area (TPSA) is 101 Å². The van der Waals surface area contributed by atoms with Crippen LogP contribution in [0.4, 0.5) is 13.2 Å². The van der Waals surface area contributed by atoms with E-state index in [4.69, 9.17) is 5.73 Å². The SMILES string of the molecule is NCCNS(=O)(=O)c1ccc(C(=O)NCC(F)(F)F)cc1. The summed E-state index contributed by atoms with van der Waals surface area (Å²) in [6, 6.07) is 4.51. The number of halogens is 3. The number of hydrogen-bond acceptors (Lipinski definition) is 4. The predicted molar refractivity (Wildman–Crippen MR) is 69.1 cm³/mol. The molecule has 0 aromatic heterocycles. The summed E-state index contributed by atoms with van der Waals surface area (Å²) in [6.07, 6.45) is -4.51. The molecule has 1 rings (SSSR count). The van der Waals surface area contributed by atoms with Gasteiger partial charge in [0.2, 0.25) is 10.0 Å². The highest BCUT2D eigenvalue weighted by atomic mass is 32.2. The third kappa shape index (κ3) is 5.69. The Morgan fingerprint density at radius 1 is 1.19 bits per heavy atom. The molecule has 1 aromatic rings. The van der Waals surface area contributed by atoms with Gasteiger partial charge in [0.1, 0.15) is 6.54 Å². The van der Waals surface area contributed by atoms with E-state index >= 15 is 0 Å². The standard InChI is InChI=1S/C11H14F3N3O3S/c12-11(13,14)7-16-10(18)8-1-3-9(4-2-8)21(19,20)17-6-5-15/h1-4,17H,5-7,15H2,(H,16,18). The highest BCUT2D eigenvalue weighted by Crippen LogP contribution is 2.14. The molecule has 0 fully saturated rings. The molecular formula is C11H14F3N3O3S. The maximum Gasteiger partial charge on any atom is 0.405 e. The molecule has 1 amide bonds. The number of nitrogens with one attached hydrogen (secondary N) is 2. The summed E-state index contributed by atoms with van der Waals surface area (Å²) in [7, 11) is -3.74. The van der Waals surface area contributed by atoms with Crippen LogP contribution in [-0.2, 0) is 10.0 Å². The van der Waals surface area contributed by atoms with Crippen LogP contribution in [0.3, 0.4) is 0 Å². The second-order valence-corrected chi connectivity index (χ2v) is 5.78. The molecule has 6 nitrogen and oxygen atoms in total. The molecule has 0 aliphatic carbocycles. The summed E-state index contributed by atoms with van der Waals surface area (Å²) < 4.78 is 61.5. The number of rotatable bonds is 6. The van der Waals surface area contributed by atoms with Crippen molar-refractivity contribution in [2.75, 3.05) is 19.6 Å². The van der Waals surface area contributed by atoms with Gasteiger partial charge in [0, 0.05) is 18.7 Å². The van der Waals surface area contributed by atoms with Crippen LogP contribution < -0.4 is 15.8 Å². The molecular weight excluding hydrogens is 311 g/mol. The van der Waals surface area contributed by atoms with Crippen molar-refractivity contribution in [2.24, 2.45) is 5.73 Å². The lowest BCUT2D eigenvalue weighted by Crippen LogP contribution is -2.33. The van der Waals surface area contributed by atoms with Gasteiger partial charge in [0.05, 0.1) is 4.90 Å². The highest BCUT2D eigenvalue weighted by molar-refractivity contribution is 7.89. The molecule has 10 heteroatoms. The lowest BCUT2D eigenvalue weighted by atomic mass is 10.2. The fraction of sp³-hybridized carbons (Fsp3) is 0.364. The molecule has 1 aromatic carbocycles. The average molecular weight is 325 g/mol. The van der Waals surface area contributed by atoms with E-state index in [-0.39, 0.29) is 23.5 Å². The molecule has 0 atom stereocenters. The Morgan fingerprint density at radius 2 is 1.76 bits per heavy atom. The number of sulfonamides is 1. The molecule has 0 heterocycles. The fourth-order valence-corrected chi connectivity index (χ4v) is 2.39. The average Bonchev–Trinajstić information content (AvgIpc) is 2.42. The van der Waals surface area contributed by atoms with Gasteiger partial charge in [0.15, 0.2) is 0 Å². The third-order valence-electron chi connectivity index (χ3n) is 2.31. The van der Waals surface area contributed by atoms with Gasteiger partial charge in [-0.1, -0.05) is 0 Å². The molecule has 0 unspecified atom stereocenters. The minimum Gasteiger partial charge on any atom is -0.343 e. The first kappa shape index (κ1) is 17.4. The molecule has 0 saturated heterocycles. The molecule has 0 saturated carbocycles. The van der Waals surface area contributed by atoms with E-state index in [0.29, 0.717) is 0 Å². The first-order chi connectivity index (χ1) is 9.65. The number of carbonyl (C=O) groups excluding carboxylic acids is 1. The lowest BCUT2D eigenvalue weighted by molar-refractivity contribution is -0.123. The van der Waals surface area contributed by atoms with Crippen LogP contribution in [0, 0.1) is 0 Å². The van der Waals surface area contributed by atoms with Gasteiger partial charge in [-0.05, 0) is 24.3 Å². The predicted octanol–water partition coefficient (Wildman–Crippen LogP) is 0.216. The first-order valence-electron chi connectivity index (χ1n) is 5.80. The van der Waals surface area contributed by atoms with Crippen LogP contribution in [0.15, 0.2) is 29.2 Å². The molecule has 0 radical (unpaired) electrons. The van der Waals surface area contributed by atoms with Crippen LogP contribution in [-0.4, -0.2) is 40.1 Å². The Kier molecular flexibility index (Phi) is 5.70. The van der Waals surface area contributed by atoms with Gasteiger partial charge in [-0.2, -0.15) is 13.2 Å². The van der Waals surface area contributed by atoms with Crippen molar-refractivity contribution in [3.63, 3.8) is 0 Å². The van der Waals surface area contributed by atoms with Crippen molar-refractivity contribution >= 4 is 15.9 Å². The normalized spacial score (nSPS) is 12.2. The van der Waals surface area contributed by atoms with E-state index < -0.39 is 28.7 Å². The number of benzene rings is 1. The zero-order valence-corrected chi connectivity index (χ0v) is 11.6. The van der Waals surface area contributed by atoms with E-state index in [1.165, 1.54) is 0 Å². The minimum atomic E-state index is -4.51. The number of nitrogens with two attached hydrogens (primary N) is 1. The van der Waals surface area contributed by atoms with Crippen LogP contribution in [0.25, 0.3) is 0 Å². The molecule has 118 valence electrons. The number of alkyl halides is 3. The van der Waals surface area contributed by atoms with Crippen LogP contribution in [0.5, 0.6) is 0 Å². The summed E-state index contributed by atoms with van der Waals surface area (Å²) in [5, 5.41) is 1.69. The molecule has 0 aliphatic rings. The third-order valence-corrected chi connectivity index (χ3v) is 3.79. The van der Waals surface area contributed by atoms with Gasteiger partial charge < -0.3 is 11.1 Å². The lowest BCUT2D eigenvalue weighted by Gasteiger charge is -2.09. The second kappa shape index (κ2) is 6.87. The van der Waals surface area contributed by atoms with Crippen molar-refractivity contribution in [3.8, 4) is 0 Å². The summed E-state index contributed by atoms with van der Waals surface area (Å²) in [5.74, 6) is -0.939. The van der Waals surface area contributed by atoms with Gasteiger partial charge >= 0.3 is 6.18 Å². The van der Waals surface area contributed by atoms with Gasteiger partial charge in [-0.3, -0.25) is 4.79 Å². The quantitative estimate of drug-likeness (QED) is 0.696. The first-order valence-corrected chi connectivity index (χ1v) is 7.29. The Balaban J connectivity index is 2.76. The van der Waals surface area contributed by atoms with Crippen molar-refractivity contribution in [1.82, 2.24) is 10.0 Å². The van der Waals surface area contributed by atoms with E-state index in [2.05, 4.69) is 4.72 Å². The fourth-order valence-electron chi connectivity index (χ4n) is 1.34. The minimum absolute atomic E-state index is 0.0517. The summed E-state index contributed by atoms with van der Waals surface area (Å²) in [6.45, 7) is -1.28.